The number of hydrogen-bond acceptors (Lipinski definition) is 3. The van der Waals surface area contributed by atoms with E-state index >= 15 is 0 Å². The first-order chi connectivity index (χ1) is 10.1. The maximum atomic E-state index is 12.5. The Bertz CT molecular complexity index is 651. The molecule has 1 heterocycles. The number of benzene rings is 1. The lowest BCUT2D eigenvalue weighted by atomic mass is 10.1. The summed E-state index contributed by atoms with van der Waals surface area (Å²) in [6.45, 7) is 6.07. The zero-order chi connectivity index (χ0) is 15.2. The van der Waals surface area contributed by atoms with Gasteiger partial charge in [0.25, 0.3) is 0 Å². The van der Waals surface area contributed by atoms with Crippen LogP contribution in [0.1, 0.15) is 30.6 Å². The molecule has 0 spiro atoms. The molecule has 4 nitrogen and oxygen atoms in total. The van der Waals surface area contributed by atoms with Crippen LogP contribution in [-0.4, -0.2) is 35.3 Å². The SMILES string of the molecule is CC(C)CN(CCC#N)CC(=O)c1c[nH]c2ccccc12. The number of carbonyl (C=O) groups is 1. The molecular weight excluding hydrogens is 262 g/mol. The fourth-order valence-electron chi connectivity index (χ4n) is 2.55. The van der Waals surface area contributed by atoms with Crippen LogP contribution >= 0.6 is 0 Å². The van der Waals surface area contributed by atoms with Crippen molar-refractivity contribution in [1.82, 2.24) is 9.88 Å². The number of nitrogens with zero attached hydrogens (tertiary/aromatic N) is 2. The molecule has 2 rings (SSSR count). The van der Waals surface area contributed by atoms with Crippen molar-refractivity contribution in [2.45, 2.75) is 20.3 Å². The van der Waals surface area contributed by atoms with Gasteiger partial charge in [-0.15, -0.1) is 0 Å². The van der Waals surface area contributed by atoms with Crippen LogP contribution in [-0.2, 0) is 0 Å². The molecule has 0 aliphatic carbocycles. The predicted octanol–water partition coefficient (Wildman–Crippen LogP) is 3.22. The molecule has 21 heavy (non-hydrogen) atoms. The number of ketones is 1. The zero-order valence-electron chi connectivity index (χ0n) is 12.6. The van der Waals surface area contributed by atoms with Crippen molar-refractivity contribution in [1.29, 1.82) is 5.26 Å². The first-order valence-electron chi connectivity index (χ1n) is 7.30. The average Bonchev–Trinajstić information content (AvgIpc) is 2.88. The Morgan fingerprint density at radius 2 is 2.14 bits per heavy atom. The van der Waals surface area contributed by atoms with Gasteiger partial charge >= 0.3 is 0 Å². The van der Waals surface area contributed by atoms with Crippen LogP contribution in [0.2, 0.25) is 0 Å². The third-order valence-electron chi connectivity index (χ3n) is 3.42. The van der Waals surface area contributed by atoms with Gasteiger partial charge in [-0.05, 0) is 12.0 Å². The van der Waals surface area contributed by atoms with Crippen molar-refractivity contribution in [2.75, 3.05) is 19.6 Å². The number of carbonyl (C=O) groups excluding carboxylic acids is 1. The molecule has 0 radical (unpaired) electrons. The van der Waals surface area contributed by atoms with Crippen LogP contribution in [0.5, 0.6) is 0 Å². The molecule has 0 aliphatic rings. The predicted molar refractivity (Wildman–Crippen MR) is 84.1 cm³/mol. The summed E-state index contributed by atoms with van der Waals surface area (Å²) >= 11 is 0. The fourth-order valence-corrected chi connectivity index (χ4v) is 2.55. The second-order valence-electron chi connectivity index (χ2n) is 5.71. The molecule has 1 aromatic carbocycles. The molecule has 0 saturated heterocycles. The Balaban J connectivity index is 2.12. The van der Waals surface area contributed by atoms with Crippen LogP contribution in [0.4, 0.5) is 0 Å². The maximum absolute atomic E-state index is 12.5. The van der Waals surface area contributed by atoms with Crippen LogP contribution in [0.15, 0.2) is 30.5 Å². The van der Waals surface area contributed by atoms with Crippen molar-refractivity contribution in [3.8, 4) is 6.07 Å². The number of H-pyrrole nitrogens is 1. The summed E-state index contributed by atoms with van der Waals surface area (Å²) in [7, 11) is 0. The molecular formula is C17H21N3O. The molecule has 110 valence electrons. The fraction of sp³-hybridized carbons (Fsp3) is 0.412. The van der Waals surface area contributed by atoms with Gasteiger partial charge in [-0.25, -0.2) is 0 Å². The summed E-state index contributed by atoms with van der Waals surface area (Å²) in [6, 6.07) is 9.96. The Morgan fingerprint density at radius 1 is 1.38 bits per heavy atom. The van der Waals surface area contributed by atoms with Gasteiger partial charge in [0, 0.05) is 42.2 Å². The van der Waals surface area contributed by atoms with Crippen molar-refractivity contribution >= 4 is 16.7 Å². The van der Waals surface area contributed by atoms with E-state index in [1.165, 1.54) is 0 Å². The summed E-state index contributed by atoms with van der Waals surface area (Å²) in [5.74, 6) is 0.575. The number of fused-ring (bicyclic) bond motifs is 1. The van der Waals surface area contributed by atoms with E-state index in [0.29, 0.717) is 25.4 Å². The smallest absolute Gasteiger partial charge is 0.178 e. The van der Waals surface area contributed by atoms with E-state index in [0.717, 1.165) is 23.0 Å². The van der Waals surface area contributed by atoms with Gasteiger partial charge in [-0.3, -0.25) is 9.69 Å². The third kappa shape index (κ3) is 3.93. The molecule has 0 unspecified atom stereocenters. The number of aromatic nitrogens is 1. The monoisotopic (exact) mass is 283 g/mol. The minimum absolute atomic E-state index is 0.103. The summed E-state index contributed by atoms with van der Waals surface area (Å²) in [5.41, 5.74) is 1.71. The minimum Gasteiger partial charge on any atom is -0.360 e. The quantitative estimate of drug-likeness (QED) is 0.794. The molecule has 1 N–H and O–H groups in total. The van der Waals surface area contributed by atoms with Gasteiger partial charge in [-0.1, -0.05) is 32.0 Å². The second-order valence-corrected chi connectivity index (χ2v) is 5.71. The standard InChI is InChI=1S/C17H21N3O/c1-13(2)11-20(9-5-8-18)12-17(21)15-10-19-16-7-4-3-6-14(15)16/h3-4,6-7,10,13,19H,5,9,11-12H2,1-2H3. The highest BCUT2D eigenvalue weighted by Gasteiger charge is 2.16. The van der Waals surface area contributed by atoms with Gasteiger partial charge in [-0.2, -0.15) is 5.26 Å². The molecule has 0 amide bonds. The lowest BCUT2D eigenvalue weighted by molar-refractivity contribution is 0.0925. The lowest BCUT2D eigenvalue weighted by Gasteiger charge is -2.22. The van der Waals surface area contributed by atoms with Gasteiger partial charge < -0.3 is 4.98 Å². The van der Waals surface area contributed by atoms with Crippen molar-refractivity contribution < 1.29 is 4.79 Å². The van der Waals surface area contributed by atoms with E-state index in [1.54, 1.807) is 6.20 Å². The average molecular weight is 283 g/mol. The van der Waals surface area contributed by atoms with Gasteiger partial charge in [0.05, 0.1) is 12.6 Å². The lowest BCUT2D eigenvalue weighted by Crippen LogP contribution is -2.33. The van der Waals surface area contributed by atoms with E-state index in [-0.39, 0.29) is 5.78 Å². The van der Waals surface area contributed by atoms with Crippen molar-refractivity contribution in [3.05, 3.63) is 36.0 Å². The molecule has 0 bridgehead atoms. The Kier molecular flexibility index (Phi) is 5.13. The molecule has 2 aromatic rings. The Labute approximate surface area is 125 Å². The van der Waals surface area contributed by atoms with Crippen molar-refractivity contribution in [2.24, 2.45) is 5.92 Å². The second kappa shape index (κ2) is 7.05. The number of hydrogen-bond donors (Lipinski definition) is 1. The van der Waals surface area contributed by atoms with Gasteiger partial charge in [0.15, 0.2) is 5.78 Å². The Hall–Kier alpha value is -2.12. The molecule has 4 heteroatoms. The summed E-state index contributed by atoms with van der Waals surface area (Å²) in [6.07, 6.45) is 2.23. The highest BCUT2D eigenvalue weighted by molar-refractivity contribution is 6.08. The van der Waals surface area contributed by atoms with Crippen LogP contribution in [0.25, 0.3) is 10.9 Å². The van der Waals surface area contributed by atoms with Crippen LogP contribution < -0.4 is 0 Å². The highest BCUT2D eigenvalue weighted by Crippen LogP contribution is 2.18. The number of aromatic amines is 1. The zero-order valence-corrected chi connectivity index (χ0v) is 12.6. The number of para-hydroxylation sites is 1. The number of rotatable bonds is 7. The van der Waals surface area contributed by atoms with Gasteiger partial charge in [0.2, 0.25) is 0 Å². The number of nitrogens with one attached hydrogen (secondary N) is 1. The van der Waals surface area contributed by atoms with E-state index < -0.39 is 0 Å². The summed E-state index contributed by atoms with van der Waals surface area (Å²) in [4.78, 5) is 17.7. The highest BCUT2D eigenvalue weighted by atomic mass is 16.1. The summed E-state index contributed by atoms with van der Waals surface area (Å²) in [5, 5.41) is 9.71. The molecule has 0 atom stereocenters. The molecule has 1 aromatic heterocycles. The maximum Gasteiger partial charge on any atom is 0.178 e. The number of Topliss-reactive ketones (excluding diaryl/α,β-unsaturated/α-hetero) is 1. The van der Waals surface area contributed by atoms with E-state index in [9.17, 15) is 4.79 Å². The van der Waals surface area contributed by atoms with Crippen LogP contribution in [0.3, 0.4) is 0 Å². The first kappa shape index (κ1) is 15.3. The van der Waals surface area contributed by atoms with Crippen LogP contribution in [0, 0.1) is 17.2 Å². The summed E-state index contributed by atoms with van der Waals surface area (Å²) < 4.78 is 0. The minimum atomic E-state index is 0.103. The largest absolute Gasteiger partial charge is 0.360 e. The molecule has 0 fully saturated rings. The van der Waals surface area contributed by atoms with Gasteiger partial charge in [0.1, 0.15) is 0 Å². The number of nitriles is 1. The normalized spacial score (nSPS) is 11.2. The third-order valence-corrected chi connectivity index (χ3v) is 3.42. The first-order valence-corrected chi connectivity index (χ1v) is 7.30. The molecule has 0 saturated carbocycles. The van der Waals surface area contributed by atoms with Crippen molar-refractivity contribution in [3.63, 3.8) is 0 Å². The molecule has 0 aliphatic heterocycles. The topological polar surface area (TPSA) is 59.9 Å². The van der Waals surface area contributed by atoms with E-state index in [4.69, 9.17) is 5.26 Å². The Morgan fingerprint density at radius 3 is 2.86 bits per heavy atom. The van der Waals surface area contributed by atoms with E-state index in [2.05, 4.69) is 29.8 Å². The van der Waals surface area contributed by atoms with E-state index in [1.807, 2.05) is 24.3 Å².